The monoisotopic (exact) mass is 290 g/mol. The van der Waals surface area contributed by atoms with Crippen molar-refractivity contribution in [2.24, 2.45) is 0 Å². The van der Waals surface area contributed by atoms with Gasteiger partial charge in [-0.3, -0.25) is 15.0 Å². The minimum atomic E-state index is -4.77. The summed E-state index contributed by atoms with van der Waals surface area (Å²) in [5.74, 6) is -0.793. The highest BCUT2D eigenvalue weighted by Gasteiger charge is 2.40. The Labute approximate surface area is 113 Å². The molecule has 1 aromatic carbocycles. The lowest BCUT2D eigenvalue weighted by atomic mass is 9.94. The summed E-state index contributed by atoms with van der Waals surface area (Å²) in [5.41, 5.74) is 0.484. The van der Waals surface area contributed by atoms with Crippen LogP contribution in [-0.4, -0.2) is 42.4 Å². The van der Waals surface area contributed by atoms with Crippen LogP contribution < -0.4 is 4.74 Å². The van der Waals surface area contributed by atoms with Crippen LogP contribution in [-0.2, 0) is 0 Å². The number of rotatable bonds is 3. The first-order valence-electron chi connectivity index (χ1n) is 5.94. The number of benzene rings is 1. The molecular weight excluding hydrogens is 277 g/mol. The summed E-state index contributed by atoms with van der Waals surface area (Å²) in [6.45, 7) is 0.711. The van der Waals surface area contributed by atoms with Gasteiger partial charge in [-0.05, 0) is 24.7 Å². The maximum absolute atomic E-state index is 12.2. The molecule has 0 bridgehead atoms. The number of likely N-dealkylation sites (N-methyl/N-ethyl adjacent to an activating group) is 1. The van der Waals surface area contributed by atoms with Gasteiger partial charge in [0.05, 0.1) is 12.5 Å². The Bertz CT molecular complexity index is 507. The predicted molar refractivity (Wildman–Crippen MR) is 64.1 cm³/mol. The second-order valence-corrected chi connectivity index (χ2v) is 4.80. The topological polar surface area (TPSA) is 55.6 Å². The fourth-order valence-corrected chi connectivity index (χ4v) is 2.46. The minimum Gasteiger partial charge on any atom is -0.406 e. The van der Waals surface area contributed by atoms with Crippen LogP contribution in [0.25, 0.3) is 0 Å². The Morgan fingerprint density at radius 3 is 2.70 bits per heavy atom. The van der Waals surface area contributed by atoms with Crippen LogP contribution in [0.15, 0.2) is 24.3 Å². The molecule has 2 rings (SSSR count). The molecule has 0 spiro atoms. The minimum absolute atomic E-state index is 0.280. The number of halogens is 3. The van der Waals surface area contributed by atoms with Gasteiger partial charge >= 0.3 is 6.36 Å². The van der Waals surface area contributed by atoms with Crippen molar-refractivity contribution in [3.63, 3.8) is 0 Å². The highest BCUT2D eigenvalue weighted by Crippen LogP contribution is 2.32. The molecule has 8 heteroatoms. The molecule has 0 aliphatic carbocycles. The molecule has 1 aromatic rings. The van der Waals surface area contributed by atoms with Gasteiger partial charge in [0.25, 0.3) is 0 Å². The van der Waals surface area contributed by atoms with E-state index in [0.29, 0.717) is 12.1 Å². The fourth-order valence-electron chi connectivity index (χ4n) is 2.46. The van der Waals surface area contributed by atoms with E-state index in [1.54, 1.807) is 18.0 Å². The first-order valence-corrected chi connectivity index (χ1v) is 5.94. The van der Waals surface area contributed by atoms with Gasteiger partial charge in [0.2, 0.25) is 6.04 Å². The van der Waals surface area contributed by atoms with E-state index in [1.165, 1.54) is 18.2 Å². The van der Waals surface area contributed by atoms with Crippen LogP contribution in [0.2, 0.25) is 0 Å². The quantitative estimate of drug-likeness (QED) is 0.633. The number of hydrogen-bond acceptors (Lipinski definition) is 4. The lowest BCUT2D eigenvalue weighted by Crippen LogP contribution is -2.27. The van der Waals surface area contributed by atoms with Gasteiger partial charge < -0.3 is 4.74 Å². The normalized spacial score (nSPS) is 23.8. The van der Waals surface area contributed by atoms with Crippen molar-refractivity contribution in [3.8, 4) is 5.75 Å². The Balaban J connectivity index is 2.24. The highest BCUT2D eigenvalue weighted by atomic mass is 19.4. The second-order valence-electron chi connectivity index (χ2n) is 4.80. The maximum Gasteiger partial charge on any atom is 0.573 e. The van der Waals surface area contributed by atoms with E-state index in [0.717, 1.165) is 0 Å². The van der Waals surface area contributed by atoms with Crippen molar-refractivity contribution in [1.82, 2.24) is 4.90 Å². The SMILES string of the molecule is CN1CC(c2cccc(OC(F)(F)F)c2)C([N+](=O)[O-])C1. The van der Waals surface area contributed by atoms with Gasteiger partial charge in [0, 0.05) is 11.5 Å². The predicted octanol–water partition coefficient (Wildman–Crippen LogP) is 2.26. The first-order chi connectivity index (χ1) is 9.26. The van der Waals surface area contributed by atoms with E-state index >= 15 is 0 Å². The molecule has 0 radical (unpaired) electrons. The Morgan fingerprint density at radius 2 is 2.10 bits per heavy atom. The molecule has 1 heterocycles. The van der Waals surface area contributed by atoms with Gasteiger partial charge in [-0.1, -0.05) is 12.1 Å². The molecule has 1 fully saturated rings. The van der Waals surface area contributed by atoms with Crippen molar-refractivity contribution in [2.75, 3.05) is 20.1 Å². The van der Waals surface area contributed by atoms with Crippen LogP contribution in [0, 0.1) is 10.1 Å². The van der Waals surface area contributed by atoms with Crippen molar-refractivity contribution in [1.29, 1.82) is 0 Å². The molecule has 0 aromatic heterocycles. The smallest absolute Gasteiger partial charge is 0.406 e. The lowest BCUT2D eigenvalue weighted by Gasteiger charge is -2.15. The van der Waals surface area contributed by atoms with E-state index in [9.17, 15) is 23.3 Å². The zero-order valence-corrected chi connectivity index (χ0v) is 10.6. The Kier molecular flexibility index (Phi) is 3.85. The molecule has 0 saturated carbocycles. The molecule has 5 nitrogen and oxygen atoms in total. The van der Waals surface area contributed by atoms with Crippen molar-refractivity contribution in [2.45, 2.75) is 18.3 Å². The standard InChI is InChI=1S/C12H13F3N2O3/c1-16-6-10(11(7-16)17(18)19)8-3-2-4-9(5-8)20-12(13,14)15/h2-5,10-11H,6-7H2,1H3. The van der Waals surface area contributed by atoms with Gasteiger partial charge in [0.15, 0.2) is 0 Å². The summed E-state index contributed by atoms with van der Waals surface area (Å²) in [7, 11) is 1.74. The number of likely N-dealkylation sites (tertiary alicyclic amines) is 1. The van der Waals surface area contributed by atoms with Crippen LogP contribution in [0.3, 0.4) is 0 Å². The van der Waals surface area contributed by atoms with E-state index in [4.69, 9.17) is 0 Å². The summed E-state index contributed by atoms with van der Waals surface area (Å²) in [6.07, 6.45) is -4.77. The molecule has 1 saturated heterocycles. The van der Waals surface area contributed by atoms with Gasteiger partial charge in [-0.15, -0.1) is 13.2 Å². The molecule has 2 unspecified atom stereocenters. The molecule has 2 atom stereocenters. The van der Waals surface area contributed by atoms with E-state index in [2.05, 4.69) is 4.74 Å². The van der Waals surface area contributed by atoms with E-state index in [-0.39, 0.29) is 17.2 Å². The molecule has 0 amide bonds. The molecule has 20 heavy (non-hydrogen) atoms. The van der Waals surface area contributed by atoms with E-state index < -0.39 is 18.3 Å². The van der Waals surface area contributed by atoms with E-state index in [1.807, 2.05) is 0 Å². The average Bonchev–Trinajstić information content (AvgIpc) is 2.69. The largest absolute Gasteiger partial charge is 0.573 e. The van der Waals surface area contributed by atoms with Gasteiger partial charge in [-0.25, -0.2) is 0 Å². The summed E-state index contributed by atoms with van der Waals surface area (Å²) in [4.78, 5) is 12.4. The van der Waals surface area contributed by atoms with Crippen molar-refractivity contribution in [3.05, 3.63) is 39.9 Å². The number of alkyl halides is 3. The Hall–Kier alpha value is -1.83. The lowest BCUT2D eigenvalue weighted by molar-refractivity contribution is -0.521. The maximum atomic E-state index is 12.2. The molecule has 110 valence electrons. The van der Waals surface area contributed by atoms with Crippen LogP contribution in [0.1, 0.15) is 11.5 Å². The number of hydrogen-bond donors (Lipinski definition) is 0. The van der Waals surface area contributed by atoms with Crippen molar-refractivity contribution < 1.29 is 22.8 Å². The van der Waals surface area contributed by atoms with Gasteiger partial charge in [0.1, 0.15) is 5.75 Å². The summed E-state index contributed by atoms with van der Waals surface area (Å²) < 4.78 is 40.4. The zero-order chi connectivity index (χ0) is 14.9. The zero-order valence-electron chi connectivity index (χ0n) is 10.6. The van der Waals surface area contributed by atoms with Crippen LogP contribution in [0.4, 0.5) is 13.2 Å². The fraction of sp³-hybridized carbons (Fsp3) is 0.500. The molecular formula is C12H13F3N2O3. The average molecular weight is 290 g/mol. The summed E-state index contributed by atoms with van der Waals surface area (Å²) in [5, 5.41) is 11.0. The second kappa shape index (κ2) is 5.28. The third-order valence-electron chi connectivity index (χ3n) is 3.26. The number of nitrogens with zero attached hydrogens (tertiary/aromatic N) is 2. The van der Waals surface area contributed by atoms with Crippen molar-refractivity contribution >= 4 is 0 Å². The summed E-state index contributed by atoms with van der Waals surface area (Å²) in [6, 6.07) is 4.57. The highest BCUT2D eigenvalue weighted by molar-refractivity contribution is 5.32. The van der Waals surface area contributed by atoms with Crippen LogP contribution in [0.5, 0.6) is 5.75 Å². The summed E-state index contributed by atoms with van der Waals surface area (Å²) >= 11 is 0. The van der Waals surface area contributed by atoms with Crippen LogP contribution >= 0.6 is 0 Å². The third kappa shape index (κ3) is 3.38. The first kappa shape index (κ1) is 14.6. The Morgan fingerprint density at radius 1 is 1.40 bits per heavy atom. The molecule has 0 N–H and O–H groups in total. The number of ether oxygens (including phenoxy) is 1. The molecule has 1 aliphatic rings. The molecule has 1 aliphatic heterocycles. The van der Waals surface area contributed by atoms with Gasteiger partial charge in [-0.2, -0.15) is 0 Å². The third-order valence-corrected chi connectivity index (χ3v) is 3.26. The number of nitro groups is 1.